The van der Waals surface area contributed by atoms with Crippen molar-refractivity contribution in [3.05, 3.63) is 41.4 Å². The van der Waals surface area contributed by atoms with E-state index in [0.29, 0.717) is 13.1 Å². The Hall–Kier alpha value is -2.21. The Morgan fingerprint density at radius 1 is 1.04 bits per heavy atom. The van der Waals surface area contributed by atoms with Gasteiger partial charge in [0.05, 0.1) is 21.1 Å². The summed E-state index contributed by atoms with van der Waals surface area (Å²) in [4.78, 5) is 29.1. The molecule has 0 saturated heterocycles. The van der Waals surface area contributed by atoms with Crippen LogP contribution in [0, 0.1) is 11.8 Å². The third-order valence-electron chi connectivity index (χ3n) is 5.07. The molecule has 26 heavy (non-hydrogen) atoms. The highest BCUT2D eigenvalue weighted by Crippen LogP contribution is 2.38. The summed E-state index contributed by atoms with van der Waals surface area (Å²) in [7, 11) is 0. The Kier molecular flexibility index (Phi) is 5.02. The predicted octanol–water partition coefficient (Wildman–Crippen LogP) is 2.99. The van der Waals surface area contributed by atoms with Gasteiger partial charge in [-0.05, 0) is 37.8 Å². The molecule has 1 fully saturated rings. The Morgan fingerprint density at radius 2 is 1.77 bits per heavy atom. The maximum Gasteiger partial charge on any atom is 0.224 e. The van der Waals surface area contributed by atoms with Gasteiger partial charge < -0.3 is 10.6 Å². The minimum Gasteiger partial charge on any atom is -0.354 e. The van der Waals surface area contributed by atoms with Crippen molar-refractivity contribution in [3.8, 4) is 0 Å². The van der Waals surface area contributed by atoms with Gasteiger partial charge in [0.25, 0.3) is 0 Å². The molecule has 2 aromatic rings. The Bertz CT molecular complexity index is 807. The number of rotatable bonds is 6. The average molecular weight is 369 g/mol. The van der Waals surface area contributed by atoms with Crippen molar-refractivity contribution >= 4 is 33.4 Å². The Morgan fingerprint density at radius 3 is 2.54 bits per heavy atom. The largest absolute Gasteiger partial charge is 0.354 e. The summed E-state index contributed by atoms with van der Waals surface area (Å²) >= 11 is 1.69. The van der Waals surface area contributed by atoms with Gasteiger partial charge in [-0.3, -0.25) is 9.59 Å². The lowest BCUT2D eigenvalue weighted by atomic mass is 9.82. The van der Waals surface area contributed by atoms with E-state index < -0.39 is 0 Å². The van der Waals surface area contributed by atoms with Gasteiger partial charge in [0, 0.05) is 24.9 Å². The van der Waals surface area contributed by atoms with Crippen LogP contribution in [0.1, 0.15) is 36.6 Å². The molecular weight excluding hydrogens is 346 g/mol. The minimum atomic E-state index is -0.0975. The Labute approximate surface area is 156 Å². The topological polar surface area (TPSA) is 71.1 Å². The first-order valence-electron chi connectivity index (χ1n) is 9.28. The van der Waals surface area contributed by atoms with Crippen LogP contribution >= 0.6 is 11.3 Å². The second kappa shape index (κ2) is 7.58. The number of carbonyl (C=O) groups is 2. The SMILES string of the molecule is O=C(NCCNC(=O)[C@H]1CC=CC[C@@H]1c1nc2ccccc2s1)C1CC1. The van der Waals surface area contributed by atoms with Crippen LogP contribution in [0.25, 0.3) is 10.2 Å². The standard InChI is InChI=1S/C20H23N3O2S/c24-18(13-9-10-13)21-11-12-22-19(25)14-5-1-2-6-15(14)20-23-16-7-3-4-8-17(16)26-20/h1-4,7-8,13-15H,5-6,9-12H2,(H,21,24)(H,22,25)/t14-,15-/m0/s1. The first-order valence-corrected chi connectivity index (χ1v) is 10.1. The fourth-order valence-corrected chi connectivity index (χ4v) is 4.56. The number of hydrogen-bond donors (Lipinski definition) is 2. The lowest BCUT2D eigenvalue weighted by Crippen LogP contribution is -2.39. The van der Waals surface area contributed by atoms with Gasteiger partial charge in [0.2, 0.25) is 11.8 Å². The second-order valence-electron chi connectivity index (χ2n) is 7.03. The molecule has 0 bridgehead atoms. The fourth-order valence-electron chi connectivity index (χ4n) is 3.42. The van der Waals surface area contributed by atoms with Gasteiger partial charge in [-0.15, -0.1) is 11.3 Å². The number of amides is 2. The summed E-state index contributed by atoms with van der Waals surface area (Å²) < 4.78 is 1.17. The van der Waals surface area contributed by atoms with E-state index in [9.17, 15) is 9.59 Å². The number of para-hydroxylation sites is 1. The van der Waals surface area contributed by atoms with Gasteiger partial charge >= 0.3 is 0 Å². The molecule has 5 nitrogen and oxygen atoms in total. The maximum atomic E-state index is 12.7. The van der Waals surface area contributed by atoms with Crippen LogP contribution in [-0.2, 0) is 9.59 Å². The molecular formula is C20H23N3O2S. The molecule has 2 aliphatic carbocycles. The minimum absolute atomic E-state index is 0.0549. The number of aromatic nitrogens is 1. The molecule has 2 amide bonds. The van der Waals surface area contributed by atoms with Crippen LogP contribution in [0.3, 0.4) is 0 Å². The summed E-state index contributed by atoms with van der Waals surface area (Å²) in [5.74, 6) is 0.405. The number of nitrogens with one attached hydrogen (secondary N) is 2. The molecule has 6 heteroatoms. The fraction of sp³-hybridized carbons (Fsp3) is 0.450. The van der Waals surface area contributed by atoms with Crippen molar-refractivity contribution in [1.29, 1.82) is 0 Å². The van der Waals surface area contributed by atoms with Gasteiger partial charge in [0.1, 0.15) is 0 Å². The van der Waals surface area contributed by atoms with Crippen LogP contribution < -0.4 is 10.6 Å². The molecule has 1 aromatic heterocycles. The predicted molar refractivity (Wildman–Crippen MR) is 103 cm³/mol. The number of hydrogen-bond acceptors (Lipinski definition) is 4. The molecule has 4 rings (SSSR count). The average Bonchev–Trinajstić information content (AvgIpc) is 3.43. The number of nitrogens with zero attached hydrogens (tertiary/aromatic N) is 1. The summed E-state index contributed by atoms with van der Waals surface area (Å²) in [6.07, 6.45) is 7.81. The molecule has 2 atom stereocenters. The zero-order valence-corrected chi connectivity index (χ0v) is 15.4. The highest BCUT2D eigenvalue weighted by atomic mass is 32.1. The van der Waals surface area contributed by atoms with Crippen molar-refractivity contribution < 1.29 is 9.59 Å². The van der Waals surface area contributed by atoms with E-state index in [0.717, 1.165) is 36.2 Å². The van der Waals surface area contributed by atoms with Crippen LogP contribution in [0.4, 0.5) is 0 Å². The monoisotopic (exact) mass is 369 g/mol. The van der Waals surface area contributed by atoms with E-state index in [4.69, 9.17) is 4.98 Å². The second-order valence-corrected chi connectivity index (χ2v) is 8.09. The molecule has 1 saturated carbocycles. The summed E-state index contributed by atoms with van der Waals surface area (Å²) in [6.45, 7) is 0.972. The van der Waals surface area contributed by atoms with Crippen LogP contribution in [0.2, 0.25) is 0 Å². The number of benzene rings is 1. The molecule has 2 aliphatic rings. The zero-order valence-electron chi connectivity index (χ0n) is 14.6. The summed E-state index contributed by atoms with van der Waals surface area (Å²) in [5.41, 5.74) is 1.00. The molecule has 0 radical (unpaired) electrons. The maximum absolute atomic E-state index is 12.7. The molecule has 136 valence electrons. The number of allylic oxidation sites excluding steroid dienone is 2. The van der Waals surface area contributed by atoms with E-state index in [1.807, 2.05) is 18.2 Å². The van der Waals surface area contributed by atoms with Crippen LogP contribution in [0.15, 0.2) is 36.4 Å². The van der Waals surface area contributed by atoms with E-state index in [1.54, 1.807) is 11.3 Å². The van der Waals surface area contributed by atoms with Crippen LogP contribution in [0.5, 0.6) is 0 Å². The van der Waals surface area contributed by atoms with E-state index >= 15 is 0 Å². The zero-order chi connectivity index (χ0) is 17.9. The first kappa shape index (κ1) is 17.2. The van der Waals surface area contributed by atoms with Crippen molar-refractivity contribution in [2.24, 2.45) is 11.8 Å². The van der Waals surface area contributed by atoms with Gasteiger partial charge in [0.15, 0.2) is 0 Å². The molecule has 0 spiro atoms. The van der Waals surface area contributed by atoms with Crippen molar-refractivity contribution in [1.82, 2.24) is 15.6 Å². The molecule has 0 aliphatic heterocycles. The van der Waals surface area contributed by atoms with E-state index in [2.05, 4.69) is 28.9 Å². The lowest BCUT2D eigenvalue weighted by molar-refractivity contribution is -0.126. The van der Waals surface area contributed by atoms with Gasteiger partial charge in [-0.25, -0.2) is 4.98 Å². The summed E-state index contributed by atoms with van der Waals surface area (Å²) in [6, 6.07) is 8.11. The first-order chi connectivity index (χ1) is 12.7. The highest BCUT2D eigenvalue weighted by Gasteiger charge is 2.32. The van der Waals surface area contributed by atoms with Crippen molar-refractivity contribution in [3.63, 3.8) is 0 Å². The lowest BCUT2D eigenvalue weighted by Gasteiger charge is -2.26. The van der Waals surface area contributed by atoms with E-state index in [-0.39, 0.29) is 29.6 Å². The van der Waals surface area contributed by atoms with Gasteiger partial charge in [-0.2, -0.15) is 0 Å². The number of carbonyl (C=O) groups excluding carboxylic acids is 2. The highest BCUT2D eigenvalue weighted by molar-refractivity contribution is 7.18. The van der Waals surface area contributed by atoms with Crippen molar-refractivity contribution in [2.45, 2.75) is 31.6 Å². The van der Waals surface area contributed by atoms with E-state index in [1.165, 1.54) is 4.70 Å². The van der Waals surface area contributed by atoms with Gasteiger partial charge in [-0.1, -0.05) is 24.3 Å². The molecule has 1 heterocycles. The Balaban J connectivity index is 1.37. The van der Waals surface area contributed by atoms with Crippen molar-refractivity contribution in [2.75, 3.05) is 13.1 Å². The number of thiazole rings is 1. The number of fused-ring (bicyclic) bond motifs is 1. The van der Waals surface area contributed by atoms with Crippen LogP contribution in [-0.4, -0.2) is 29.9 Å². The third kappa shape index (κ3) is 3.80. The summed E-state index contributed by atoms with van der Waals surface area (Å²) in [5, 5.41) is 6.92. The smallest absolute Gasteiger partial charge is 0.224 e. The molecule has 1 aromatic carbocycles. The third-order valence-corrected chi connectivity index (χ3v) is 6.24. The quantitative estimate of drug-likeness (QED) is 0.607. The normalized spacial score (nSPS) is 22.3. The molecule has 0 unspecified atom stereocenters. The molecule has 2 N–H and O–H groups in total.